The van der Waals surface area contributed by atoms with E-state index in [0.29, 0.717) is 39.6 Å². The fourth-order valence-electron chi connectivity index (χ4n) is 4.38. The quantitative estimate of drug-likeness (QED) is 0.650. The molecule has 3 amide bonds. The van der Waals surface area contributed by atoms with Crippen LogP contribution in [0.5, 0.6) is 11.5 Å². The smallest absolute Gasteiger partial charge is 0.264 e. The minimum Gasteiger partial charge on any atom is -0.493 e. The maximum Gasteiger partial charge on any atom is 0.264 e. The van der Waals surface area contributed by atoms with Crippen LogP contribution in [0.25, 0.3) is 0 Å². The first-order valence-electron chi connectivity index (χ1n) is 10.2. The zero-order valence-corrected chi connectivity index (χ0v) is 17.9. The summed E-state index contributed by atoms with van der Waals surface area (Å²) >= 11 is 0. The highest BCUT2D eigenvalue weighted by molar-refractivity contribution is 6.18. The fraction of sp³-hybridized carbons (Fsp3) is 0.167. The van der Waals surface area contributed by atoms with Gasteiger partial charge in [-0.2, -0.15) is 0 Å². The van der Waals surface area contributed by atoms with Gasteiger partial charge in [0.05, 0.1) is 31.0 Å². The Morgan fingerprint density at radius 3 is 2.48 bits per heavy atom. The standard InChI is InChI=1S/C24H20N4O5/c1-32-18-8-7-16-20(21(18)33-2)24(31)28-17-6-4-3-5-15(17)23(30)27(22(16)28)13-19(29)26-14-9-11-25-12-10-14/h3-12,22H,13H2,1-2H3,(H,25,26,29)/t22-/m1/s1. The minimum atomic E-state index is -0.794. The number of rotatable bonds is 5. The van der Waals surface area contributed by atoms with Crippen molar-refractivity contribution < 1.29 is 23.9 Å². The van der Waals surface area contributed by atoms with Crippen LogP contribution in [0.4, 0.5) is 11.4 Å². The molecule has 0 saturated carbocycles. The van der Waals surface area contributed by atoms with Crippen LogP contribution in [0.15, 0.2) is 60.9 Å². The highest BCUT2D eigenvalue weighted by Crippen LogP contribution is 2.49. The van der Waals surface area contributed by atoms with E-state index in [9.17, 15) is 14.4 Å². The van der Waals surface area contributed by atoms with Gasteiger partial charge in [0.2, 0.25) is 5.91 Å². The zero-order chi connectivity index (χ0) is 23.1. The third-order valence-corrected chi connectivity index (χ3v) is 5.76. The molecular weight excluding hydrogens is 424 g/mol. The van der Waals surface area contributed by atoms with Gasteiger partial charge in [0, 0.05) is 23.6 Å². The number of nitrogens with one attached hydrogen (secondary N) is 1. The largest absolute Gasteiger partial charge is 0.493 e. The van der Waals surface area contributed by atoms with Crippen molar-refractivity contribution in [3.63, 3.8) is 0 Å². The van der Waals surface area contributed by atoms with Crippen LogP contribution in [0.1, 0.15) is 32.4 Å². The molecule has 0 saturated heterocycles. The highest BCUT2D eigenvalue weighted by atomic mass is 16.5. The van der Waals surface area contributed by atoms with E-state index in [-0.39, 0.29) is 18.4 Å². The van der Waals surface area contributed by atoms with E-state index in [2.05, 4.69) is 10.3 Å². The molecule has 0 radical (unpaired) electrons. The topological polar surface area (TPSA) is 101 Å². The SMILES string of the molecule is COc1ccc2c(c1OC)C(=O)N1c3ccccc3C(=O)N(CC(=O)Nc3ccncc3)[C@@H]21. The highest BCUT2D eigenvalue weighted by Gasteiger charge is 2.50. The van der Waals surface area contributed by atoms with Crippen LogP contribution in [0, 0.1) is 0 Å². The van der Waals surface area contributed by atoms with Crippen molar-refractivity contribution in [2.45, 2.75) is 6.17 Å². The summed E-state index contributed by atoms with van der Waals surface area (Å²) in [6.45, 7) is -0.252. The third-order valence-electron chi connectivity index (χ3n) is 5.76. The Kier molecular flexibility index (Phi) is 4.93. The van der Waals surface area contributed by atoms with Crippen LogP contribution >= 0.6 is 0 Å². The maximum absolute atomic E-state index is 13.6. The van der Waals surface area contributed by atoms with E-state index in [1.54, 1.807) is 60.9 Å². The molecule has 3 aromatic rings. The van der Waals surface area contributed by atoms with Crippen LogP contribution in [-0.2, 0) is 4.79 Å². The summed E-state index contributed by atoms with van der Waals surface area (Å²) in [5.41, 5.74) is 2.27. The lowest BCUT2D eigenvalue weighted by Gasteiger charge is -2.40. The number of amides is 3. The summed E-state index contributed by atoms with van der Waals surface area (Å²) < 4.78 is 10.9. The molecule has 0 spiro atoms. The van der Waals surface area contributed by atoms with Crippen LogP contribution in [0.2, 0.25) is 0 Å². The lowest BCUT2D eigenvalue weighted by Crippen LogP contribution is -2.50. The second-order valence-corrected chi connectivity index (χ2v) is 7.55. The average molecular weight is 444 g/mol. The second-order valence-electron chi connectivity index (χ2n) is 7.55. The first kappa shape index (κ1) is 20.5. The molecular formula is C24H20N4O5. The number of nitrogens with zero attached hydrogens (tertiary/aromatic N) is 3. The molecule has 1 atom stereocenters. The first-order valence-corrected chi connectivity index (χ1v) is 10.2. The summed E-state index contributed by atoms with van der Waals surface area (Å²) in [5, 5.41) is 2.77. The lowest BCUT2D eigenvalue weighted by molar-refractivity contribution is -0.117. The van der Waals surface area contributed by atoms with Gasteiger partial charge in [-0.1, -0.05) is 18.2 Å². The van der Waals surface area contributed by atoms with E-state index in [1.165, 1.54) is 24.0 Å². The molecule has 1 N–H and O–H groups in total. The Hall–Kier alpha value is -4.40. The molecule has 0 fully saturated rings. The van der Waals surface area contributed by atoms with E-state index < -0.39 is 12.1 Å². The van der Waals surface area contributed by atoms with Crippen molar-refractivity contribution >= 4 is 29.1 Å². The predicted octanol–water partition coefficient (Wildman–Crippen LogP) is 2.85. The van der Waals surface area contributed by atoms with Gasteiger partial charge in [0.15, 0.2) is 11.5 Å². The summed E-state index contributed by atoms with van der Waals surface area (Å²) in [4.78, 5) is 46.8. The number of para-hydroxylation sites is 1. The molecule has 2 aromatic carbocycles. The Bertz CT molecular complexity index is 1280. The fourth-order valence-corrected chi connectivity index (χ4v) is 4.38. The zero-order valence-electron chi connectivity index (χ0n) is 17.9. The van der Waals surface area contributed by atoms with Crippen molar-refractivity contribution in [1.29, 1.82) is 0 Å². The molecule has 0 aliphatic carbocycles. The normalized spacial score (nSPS) is 16.1. The summed E-state index contributed by atoms with van der Waals surface area (Å²) in [6, 6.07) is 13.6. The minimum absolute atomic E-state index is 0.252. The average Bonchev–Trinajstić information content (AvgIpc) is 3.14. The molecule has 9 heteroatoms. The summed E-state index contributed by atoms with van der Waals surface area (Å²) in [7, 11) is 2.95. The number of ether oxygens (including phenoxy) is 2. The second kappa shape index (κ2) is 7.94. The molecule has 9 nitrogen and oxygen atoms in total. The van der Waals surface area contributed by atoms with Gasteiger partial charge in [-0.05, 0) is 30.3 Å². The Morgan fingerprint density at radius 1 is 1.00 bits per heavy atom. The molecule has 3 heterocycles. The number of hydrogen-bond donors (Lipinski definition) is 1. The maximum atomic E-state index is 13.6. The van der Waals surface area contributed by atoms with Crippen LogP contribution in [0.3, 0.4) is 0 Å². The molecule has 2 aliphatic heterocycles. The van der Waals surface area contributed by atoms with Crippen molar-refractivity contribution in [3.8, 4) is 11.5 Å². The van der Waals surface area contributed by atoms with E-state index >= 15 is 0 Å². The van der Waals surface area contributed by atoms with Crippen molar-refractivity contribution in [2.75, 3.05) is 31.0 Å². The van der Waals surface area contributed by atoms with Gasteiger partial charge in [-0.25, -0.2) is 0 Å². The molecule has 33 heavy (non-hydrogen) atoms. The van der Waals surface area contributed by atoms with Gasteiger partial charge in [-0.15, -0.1) is 0 Å². The monoisotopic (exact) mass is 444 g/mol. The van der Waals surface area contributed by atoms with E-state index in [4.69, 9.17) is 9.47 Å². The van der Waals surface area contributed by atoms with Gasteiger partial charge >= 0.3 is 0 Å². The number of hydrogen-bond acceptors (Lipinski definition) is 6. The van der Waals surface area contributed by atoms with E-state index in [1.807, 2.05) is 0 Å². The Balaban J connectivity index is 1.60. The molecule has 0 unspecified atom stereocenters. The van der Waals surface area contributed by atoms with Crippen LogP contribution < -0.4 is 19.7 Å². The summed E-state index contributed by atoms with van der Waals surface area (Å²) in [5.74, 6) is -0.362. The van der Waals surface area contributed by atoms with Crippen molar-refractivity contribution in [2.24, 2.45) is 0 Å². The van der Waals surface area contributed by atoms with E-state index in [0.717, 1.165) is 0 Å². The van der Waals surface area contributed by atoms with Gasteiger partial charge in [0.25, 0.3) is 11.8 Å². The number of methoxy groups -OCH3 is 2. The first-order chi connectivity index (χ1) is 16.0. The molecule has 2 aliphatic rings. The number of fused-ring (bicyclic) bond motifs is 5. The number of pyridine rings is 1. The Labute approximate surface area is 189 Å². The molecule has 0 bridgehead atoms. The Morgan fingerprint density at radius 2 is 1.76 bits per heavy atom. The predicted molar refractivity (Wildman–Crippen MR) is 119 cm³/mol. The number of carbonyl (C=O) groups is 3. The van der Waals surface area contributed by atoms with Gasteiger partial charge in [-0.3, -0.25) is 24.3 Å². The number of carbonyl (C=O) groups excluding carboxylic acids is 3. The number of aromatic nitrogens is 1. The molecule has 5 rings (SSSR count). The van der Waals surface area contributed by atoms with Gasteiger partial charge < -0.3 is 19.7 Å². The summed E-state index contributed by atoms with van der Waals surface area (Å²) in [6.07, 6.45) is 2.33. The third kappa shape index (κ3) is 3.16. The number of benzene rings is 2. The molecule has 1 aromatic heterocycles. The lowest BCUT2D eigenvalue weighted by atomic mass is 10.0. The van der Waals surface area contributed by atoms with Crippen LogP contribution in [-0.4, -0.2) is 48.4 Å². The van der Waals surface area contributed by atoms with Crippen molar-refractivity contribution in [1.82, 2.24) is 9.88 Å². The number of anilines is 2. The van der Waals surface area contributed by atoms with Crippen molar-refractivity contribution in [3.05, 3.63) is 77.6 Å². The van der Waals surface area contributed by atoms with Gasteiger partial charge in [0.1, 0.15) is 12.7 Å². The molecule has 166 valence electrons.